The van der Waals surface area contributed by atoms with E-state index in [4.69, 9.17) is 4.74 Å². The van der Waals surface area contributed by atoms with Gasteiger partial charge >= 0.3 is 0 Å². The molecule has 10 heteroatoms. The van der Waals surface area contributed by atoms with Gasteiger partial charge in [-0.1, -0.05) is 24.3 Å². The molecule has 0 saturated carbocycles. The fraction of sp³-hybridized carbons (Fsp3) is 0.280. The zero-order valence-corrected chi connectivity index (χ0v) is 19.6. The molecular weight excluding hydrogens is 473 g/mol. The van der Waals surface area contributed by atoms with Crippen LogP contribution in [-0.4, -0.2) is 43.5 Å². The predicted molar refractivity (Wildman–Crippen MR) is 127 cm³/mol. The van der Waals surface area contributed by atoms with Crippen molar-refractivity contribution in [1.82, 2.24) is 9.47 Å². The SMILES string of the molecule is O=C(COc1ccccc1)N1CC2CC(C1)c1ccc(NS(=O)(=O)c3cccc(F)c3)c(=O)n1C2. The van der Waals surface area contributed by atoms with Crippen LogP contribution >= 0.6 is 0 Å². The summed E-state index contributed by atoms with van der Waals surface area (Å²) in [6.45, 7) is 1.28. The first-order valence-electron chi connectivity index (χ1n) is 11.3. The molecule has 1 fully saturated rings. The van der Waals surface area contributed by atoms with Crippen LogP contribution in [0.25, 0.3) is 0 Å². The summed E-state index contributed by atoms with van der Waals surface area (Å²) in [6, 6.07) is 16.9. The minimum Gasteiger partial charge on any atom is -0.484 e. The number of amides is 1. The van der Waals surface area contributed by atoms with E-state index in [2.05, 4.69) is 4.72 Å². The number of para-hydroxylation sites is 1. The third-order valence-corrected chi connectivity index (χ3v) is 7.78. The molecular formula is C25H24FN3O5S. The molecule has 2 unspecified atom stereocenters. The van der Waals surface area contributed by atoms with Gasteiger partial charge in [0, 0.05) is 31.2 Å². The van der Waals surface area contributed by atoms with Gasteiger partial charge in [0.25, 0.3) is 21.5 Å². The van der Waals surface area contributed by atoms with Crippen LogP contribution in [0.5, 0.6) is 5.75 Å². The van der Waals surface area contributed by atoms with Gasteiger partial charge in [-0.2, -0.15) is 0 Å². The average Bonchev–Trinajstić information content (AvgIpc) is 2.85. The number of nitrogens with zero attached hydrogens (tertiary/aromatic N) is 2. The molecule has 2 aliphatic heterocycles. The normalized spacial score (nSPS) is 19.1. The first-order chi connectivity index (χ1) is 16.8. The van der Waals surface area contributed by atoms with Crippen LogP contribution in [0.1, 0.15) is 18.0 Å². The number of benzene rings is 2. The Bertz CT molecular complexity index is 1420. The minimum absolute atomic E-state index is 0.0373. The molecule has 1 amide bonds. The number of carbonyl (C=O) groups is 1. The lowest BCUT2D eigenvalue weighted by molar-refractivity contribution is -0.136. The maximum Gasteiger partial charge on any atom is 0.275 e. The van der Waals surface area contributed by atoms with Crippen molar-refractivity contribution in [3.05, 3.63) is 88.6 Å². The number of fused-ring (bicyclic) bond motifs is 4. The van der Waals surface area contributed by atoms with E-state index in [1.807, 2.05) is 18.2 Å². The number of nitrogens with one attached hydrogen (secondary N) is 1. The summed E-state index contributed by atoms with van der Waals surface area (Å²) in [7, 11) is -4.12. The number of hydrogen-bond donors (Lipinski definition) is 1. The second kappa shape index (κ2) is 9.18. The predicted octanol–water partition coefficient (Wildman–Crippen LogP) is 2.81. The lowest BCUT2D eigenvalue weighted by Gasteiger charge is -2.42. The molecule has 2 aliphatic rings. The van der Waals surface area contributed by atoms with E-state index in [-0.39, 0.29) is 34.9 Å². The third kappa shape index (κ3) is 4.79. The monoisotopic (exact) mass is 497 g/mol. The number of anilines is 1. The van der Waals surface area contributed by atoms with Crippen molar-refractivity contribution in [2.24, 2.45) is 5.92 Å². The number of pyridine rings is 1. The van der Waals surface area contributed by atoms with Crippen LogP contribution in [0.4, 0.5) is 10.1 Å². The fourth-order valence-electron chi connectivity index (χ4n) is 4.82. The summed E-state index contributed by atoms with van der Waals surface area (Å²) in [6.07, 6.45) is 0.844. The molecule has 8 nitrogen and oxygen atoms in total. The van der Waals surface area contributed by atoms with Crippen molar-refractivity contribution in [2.45, 2.75) is 23.8 Å². The Kier molecular flexibility index (Phi) is 6.06. The molecule has 3 heterocycles. The fourth-order valence-corrected chi connectivity index (χ4v) is 5.91. The summed E-state index contributed by atoms with van der Waals surface area (Å²) < 4.78 is 48.3. The van der Waals surface area contributed by atoms with Crippen molar-refractivity contribution in [2.75, 3.05) is 24.4 Å². The maximum absolute atomic E-state index is 13.5. The molecule has 1 aromatic heterocycles. The number of hydrogen-bond acceptors (Lipinski definition) is 5. The van der Waals surface area contributed by atoms with Gasteiger partial charge in [-0.25, -0.2) is 12.8 Å². The number of piperidine rings is 1. The molecule has 3 aromatic rings. The van der Waals surface area contributed by atoms with E-state index < -0.39 is 21.4 Å². The summed E-state index contributed by atoms with van der Waals surface area (Å²) in [5.74, 6) is -0.141. The van der Waals surface area contributed by atoms with Gasteiger partial charge in [0.1, 0.15) is 17.3 Å². The second-order valence-corrected chi connectivity index (χ2v) is 10.5. The van der Waals surface area contributed by atoms with Gasteiger partial charge in [0.2, 0.25) is 0 Å². The largest absolute Gasteiger partial charge is 0.484 e. The van der Waals surface area contributed by atoms with E-state index >= 15 is 0 Å². The van der Waals surface area contributed by atoms with E-state index in [0.717, 1.165) is 24.2 Å². The molecule has 2 aromatic carbocycles. The lowest BCUT2D eigenvalue weighted by atomic mass is 9.83. The Hall–Kier alpha value is -3.66. The number of rotatable bonds is 6. The molecule has 2 bridgehead atoms. The zero-order chi connectivity index (χ0) is 24.6. The second-order valence-electron chi connectivity index (χ2n) is 8.85. The highest BCUT2D eigenvalue weighted by Crippen LogP contribution is 2.35. The molecule has 1 saturated heterocycles. The van der Waals surface area contributed by atoms with E-state index in [1.54, 1.807) is 27.7 Å². The Balaban J connectivity index is 1.32. The number of sulfonamides is 1. The summed E-state index contributed by atoms with van der Waals surface area (Å²) in [4.78, 5) is 27.5. The Labute approximate surface area is 202 Å². The Morgan fingerprint density at radius 2 is 1.83 bits per heavy atom. The first kappa shape index (κ1) is 23.1. The highest BCUT2D eigenvalue weighted by Gasteiger charge is 2.37. The van der Waals surface area contributed by atoms with Crippen LogP contribution in [-0.2, 0) is 21.4 Å². The molecule has 1 N–H and O–H groups in total. The Morgan fingerprint density at radius 3 is 2.60 bits per heavy atom. The van der Waals surface area contributed by atoms with Gasteiger partial charge in [0.05, 0.1) is 4.90 Å². The average molecular weight is 498 g/mol. The van der Waals surface area contributed by atoms with Gasteiger partial charge in [0.15, 0.2) is 6.61 Å². The maximum atomic E-state index is 13.5. The molecule has 2 atom stereocenters. The highest BCUT2D eigenvalue weighted by atomic mass is 32.2. The quantitative estimate of drug-likeness (QED) is 0.565. The van der Waals surface area contributed by atoms with Gasteiger partial charge in [-0.3, -0.25) is 14.3 Å². The Morgan fingerprint density at radius 1 is 1.03 bits per heavy atom. The summed E-state index contributed by atoms with van der Waals surface area (Å²) >= 11 is 0. The van der Waals surface area contributed by atoms with E-state index in [9.17, 15) is 22.4 Å². The van der Waals surface area contributed by atoms with Crippen molar-refractivity contribution in [3.8, 4) is 5.75 Å². The van der Waals surface area contributed by atoms with E-state index in [1.165, 1.54) is 18.2 Å². The summed E-state index contributed by atoms with van der Waals surface area (Å²) in [5, 5.41) is 0. The smallest absolute Gasteiger partial charge is 0.275 e. The van der Waals surface area contributed by atoms with Crippen LogP contribution in [0.2, 0.25) is 0 Å². The number of carbonyl (C=O) groups excluding carboxylic acids is 1. The third-order valence-electron chi connectivity index (χ3n) is 6.41. The van der Waals surface area contributed by atoms with Crippen molar-refractivity contribution < 1.29 is 22.3 Å². The number of likely N-dealkylation sites (tertiary alicyclic amines) is 1. The molecule has 0 radical (unpaired) electrons. The molecule has 35 heavy (non-hydrogen) atoms. The standard InChI is InChI=1S/C25H24FN3O5S/c26-19-5-4-8-21(12-19)35(32,33)27-22-9-10-23-18-11-17(14-29(23)25(22)31)13-28(15-18)24(30)16-34-20-6-2-1-3-7-20/h1-10,12,17-18,27H,11,13-16H2. The number of ether oxygens (including phenoxy) is 1. The summed E-state index contributed by atoms with van der Waals surface area (Å²) in [5.41, 5.74) is 0.216. The topological polar surface area (TPSA) is 97.7 Å². The zero-order valence-electron chi connectivity index (χ0n) is 18.8. The molecule has 0 aliphatic carbocycles. The van der Waals surface area contributed by atoms with Crippen LogP contribution in [0.3, 0.4) is 0 Å². The molecule has 182 valence electrons. The number of aromatic nitrogens is 1. The van der Waals surface area contributed by atoms with Crippen LogP contribution in [0.15, 0.2) is 76.4 Å². The van der Waals surface area contributed by atoms with E-state index in [0.29, 0.717) is 25.4 Å². The first-order valence-corrected chi connectivity index (χ1v) is 12.8. The van der Waals surface area contributed by atoms with Crippen molar-refractivity contribution in [1.29, 1.82) is 0 Å². The molecule has 0 spiro atoms. The minimum atomic E-state index is -4.12. The number of halogens is 1. The van der Waals surface area contributed by atoms with Crippen molar-refractivity contribution >= 4 is 21.6 Å². The van der Waals surface area contributed by atoms with Crippen molar-refractivity contribution in [3.63, 3.8) is 0 Å². The lowest BCUT2D eigenvalue weighted by Crippen LogP contribution is -2.50. The van der Waals surface area contributed by atoms with Gasteiger partial charge in [-0.05, 0) is 54.8 Å². The van der Waals surface area contributed by atoms with Crippen LogP contribution < -0.4 is 15.0 Å². The molecule has 5 rings (SSSR count). The van der Waals surface area contributed by atoms with Gasteiger partial charge in [-0.15, -0.1) is 0 Å². The van der Waals surface area contributed by atoms with Crippen LogP contribution in [0, 0.1) is 11.7 Å². The van der Waals surface area contributed by atoms with Gasteiger partial charge < -0.3 is 14.2 Å². The highest BCUT2D eigenvalue weighted by molar-refractivity contribution is 7.92.